The molecule has 2 rings (SSSR count). The molecule has 1 heterocycles. The summed E-state index contributed by atoms with van der Waals surface area (Å²) in [4.78, 5) is 4.60. The Bertz CT molecular complexity index is 451. The van der Waals surface area contributed by atoms with Gasteiger partial charge in [0.2, 0.25) is 0 Å². The van der Waals surface area contributed by atoms with Crippen molar-refractivity contribution in [3.05, 3.63) is 40.5 Å². The number of nitrogens with zero attached hydrogens (tertiary/aromatic N) is 1. The van der Waals surface area contributed by atoms with Crippen molar-refractivity contribution in [1.82, 2.24) is 4.98 Å². The van der Waals surface area contributed by atoms with Gasteiger partial charge in [-0.05, 0) is 30.7 Å². The maximum absolute atomic E-state index is 4.60. The smallest absolute Gasteiger partial charge is 0.0716 e. The highest BCUT2D eigenvalue weighted by Crippen LogP contribution is 2.22. The Hall–Kier alpha value is -0.890. The fraction of sp³-hybridized carbons (Fsp3) is 0.357. The molecule has 0 saturated carbocycles. The average molecular weight is 280 g/mol. The van der Waals surface area contributed by atoms with Crippen LogP contribution in [0.15, 0.2) is 34.8 Å². The first-order valence-electron chi connectivity index (χ1n) is 5.85. The summed E-state index contributed by atoms with van der Waals surface area (Å²) in [5.74, 6) is 0. The van der Waals surface area contributed by atoms with Crippen LogP contribution < -0.4 is 0 Å². The largest absolute Gasteiger partial charge is 0.253 e. The van der Waals surface area contributed by atoms with Crippen LogP contribution >= 0.6 is 15.9 Å². The zero-order valence-corrected chi connectivity index (χ0v) is 11.7. The lowest BCUT2D eigenvalue weighted by Crippen LogP contribution is -1.89. The molecule has 0 amide bonds. The third-order valence-electron chi connectivity index (χ3n) is 2.24. The Morgan fingerprint density at radius 3 is 2.56 bits per heavy atom. The molecule has 0 unspecified atom stereocenters. The zero-order valence-electron chi connectivity index (χ0n) is 10.1. The van der Waals surface area contributed by atoms with E-state index in [4.69, 9.17) is 0 Å². The number of hydrogen-bond acceptors (Lipinski definition) is 1. The van der Waals surface area contributed by atoms with Crippen molar-refractivity contribution >= 4 is 26.8 Å². The maximum atomic E-state index is 4.60. The maximum Gasteiger partial charge on any atom is 0.0716 e. The molecule has 0 fully saturated rings. The number of rotatable bonds is 2. The van der Waals surface area contributed by atoms with Crippen molar-refractivity contribution in [2.45, 2.75) is 33.6 Å². The van der Waals surface area contributed by atoms with E-state index in [0.717, 1.165) is 22.8 Å². The van der Waals surface area contributed by atoms with Gasteiger partial charge in [0.1, 0.15) is 0 Å². The Kier molecular flexibility index (Phi) is 5.47. The average Bonchev–Trinajstić information content (AvgIpc) is 2.32. The molecule has 0 bridgehead atoms. The number of aryl methyl sites for hydroxylation is 1. The van der Waals surface area contributed by atoms with Crippen LogP contribution in [0.3, 0.4) is 0 Å². The summed E-state index contributed by atoms with van der Waals surface area (Å²) in [6.45, 7) is 6.17. The van der Waals surface area contributed by atoms with Crippen molar-refractivity contribution in [3.8, 4) is 0 Å². The van der Waals surface area contributed by atoms with Crippen molar-refractivity contribution in [1.29, 1.82) is 0 Å². The topological polar surface area (TPSA) is 12.9 Å². The van der Waals surface area contributed by atoms with Crippen molar-refractivity contribution in [2.24, 2.45) is 0 Å². The Morgan fingerprint density at radius 1 is 1.12 bits per heavy atom. The molecule has 0 aliphatic heterocycles. The SMILES string of the molecule is CC.CCCc1ccc2c(Br)cccc2n1. The van der Waals surface area contributed by atoms with Gasteiger partial charge in [-0.25, -0.2) is 0 Å². The second-order valence-electron chi connectivity index (χ2n) is 3.36. The minimum absolute atomic E-state index is 1.06. The van der Waals surface area contributed by atoms with Gasteiger partial charge < -0.3 is 0 Å². The van der Waals surface area contributed by atoms with E-state index in [1.807, 2.05) is 26.0 Å². The van der Waals surface area contributed by atoms with Crippen LogP contribution in [0, 0.1) is 0 Å². The van der Waals surface area contributed by atoms with Gasteiger partial charge in [-0.2, -0.15) is 0 Å². The molecule has 1 aromatic carbocycles. The minimum atomic E-state index is 1.06. The fourth-order valence-corrected chi connectivity index (χ4v) is 2.04. The molecule has 0 N–H and O–H groups in total. The lowest BCUT2D eigenvalue weighted by atomic mass is 10.1. The van der Waals surface area contributed by atoms with Crippen molar-refractivity contribution < 1.29 is 0 Å². The van der Waals surface area contributed by atoms with E-state index in [2.05, 4.69) is 46.0 Å². The van der Waals surface area contributed by atoms with Crippen LogP contribution in [0.2, 0.25) is 0 Å². The highest BCUT2D eigenvalue weighted by Gasteiger charge is 2.00. The lowest BCUT2D eigenvalue weighted by molar-refractivity contribution is 0.890. The molecular formula is C14H18BrN. The van der Waals surface area contributed by atoms with Crippen LogP contribution in [-0.4, -0.2) is 4.98 Å². The number of benzene rings is 1. The molecule has 0 spiro atoms. The fourth-order valence-electron chi connectivity index (χ4n) is 1.56. The van der Waals surface area contributed by atoms with Gasteiger partial charge in [0.05, 0.1) is 5.52 Å². The lowest BCUT2D eigenvalue weighted by Gasteiger charge is -2.02. The standard InChI is InChI=1S/C12H12BrN.C2H6/c1-2-4-9-7-8-10-11(13)5-3-6-12(10)14-9;1-2/h3,5-8H,2,4H2,1H3;1-2H3. The number of pyridine rings is 1. The molecule has 0 atom stereocenters. The zero-order chi connectivity index (χ0) is 12.0. The van der Waals surface area contributed by atoms with Gasteiger partial charge in [-0.15, -0.1) is 0 Å². The summed E-state index contributed by atoms with van der Waals surface area (Å²) in [6.07, 6.45) is 2.20. The summed E-state index contributed by atoms with van der Waals surface area (Å²) in [5.41, 5.74) is 2.25. The van der Waals surface area contributed by atoms with Gasteiger partial charge >= 0.3 is 0 Å². The van der Waals surface area contributed by atoms with E-state index in [-0.39, 0.29) is 0 Å². The van der Waals surface area contributed by atoms with E-state index >= 15 is 0 Å². The predicted molar refractivity (Wildman–Crippen MR) is 74.8 cm³/mol. The Labute approximate surface area is 106 Å². The van der Waals surface area contributed by atoms with E-state index in [0.29, 0.717) is 0 Å². The van der Waals surface area contributed by atoms with Gasteiger partial charge in [0.25, 0.3) is 0 Å². The quantitative estimate of drug-likeness (QED) is 0.756. The highest BCUT2D eigenvalue weighted by molar-refractivity contribution is 9.10. The summed E-state index contributed by atoms with van der Waals surface area (Å²) >= 11 is 3.52. The molecule has 86 valence electrons. The Morgan fingerprint density at radius 2 is 1.88 bits per heavy atom. The predicted octanol–water partition coefficient (Wildman–Crippen LogP) is 4.98. The van der Waals surface area contributed by atoms with Gasteiger partial charge in [-0.3, -0.25) is 4.98 Å². The second kappa shape index (κ2) is 6.64. The number of hydrogen-bond donors (Lipinski definition) is 0. The first-order valence-corrected chi connectivity index (χ1v) is 6.64. The molecule has 1 aromatic heterocycles. The molecule has 0 radical (unpaired) electrons. The summed E-state index contributed by atoms with van der Waals surface area (Å²) < 4.78 is 1.12. The summed E-state index contributed by atoms with van der Waals surface area (Å²) in [7, 11) is 0. The van der Waals surface area contributed by atoms with Crippen LogP contribution in [0.4, 0.5) is 0 Å². The Balaban J connectivity index is 0.000000606. The normalized spacial score (nSPS) is 9.75. The molecule has 0 aliphatic carbocycles. The van der Waals surface area contributed by atoms with Crippen LogP contribution in [0.25, 0.3) is 10.9 Å². The van der Waals surface area contributed by atoms with Crippen LogP contribution in [0.1, 0.15) is 32.9 Å². The molecular weight excluding hydrogens is 262 g/mol. The number of halogens is 1. The van der Waals surface area contributed by atoms with E-state index < -0.39 is 0 Å². The molecule has 16 heavy (non-hydrogen) atoms. The molecule has 1 nitrogen and oxygen atoms in total. The first kappa shape index (κ1) is 13.2. The van der Waals surface area contributed by atoms with E-state index in [1.54, 1.807) is 0 Å². The van der Waals surface area contributed by atoms with Gasteiger partial charge in [-0.1, -0.05) is 49.2 Å². The minimum Gasteiger partial charge on any atom is -0.253 e. The molecule has 0 aliphatic rings. The molecule has 2 aromatic rings. The first-order chi connectivity index (χ1) is 7.81. The number of aromatic nitrogens is 1. The summed E-state index contributed by atoms with van der Waals surface area (Å²) in [5, 5.41) is 1.19. The number of fused-ring (bicyclic) bond motifs is 1. The van der Waals surface area contributed by atoms with Crippen molar-refractivity contribution in [3.63, 3.8) is 0 Å². The van der Waals surface area contributed by atoms with Crippen LogP contribution in [-0.2, 0) is 6.42 Å². The summed E-state index contributed by atoms with van der Waals surface area (Å²) in [6, 6.07) is 10.4. The second-order valence-corrected chi connectivity index (χ2v) is 4.21. The third-order valence-corrected chi connectivity index (χ3v) is 2.93. The van der Waals surface area contributed by atoms with Gasteiger partial charge in [0.15, 0.2) is 0 Å². The molecule has 2 heteroatoms. The van der Waals surface area contributed by atoms with E-state index in [9.17, 15) is 0 Å². The van der Waals surface area contributed by atoms with Crippen LogP contribution in [0.5, 0.6) is 0 Å². The third kappa shape index (κ3) is 3.05. The monoisotopic (exact) mass is 279 g/mol. The molecule has 0 saturated heterocycles. The van der Waals surface area contributed by atoms with Gasteiger partial charge in [0, 0.05) is 15.6 Å². The van der Waals surface area contributed by atoms with E-state index in [1.165, 1.54) is 11.1 Å². The van der Waals surface area contributed by atoms with Crippen molar-refractivity contribution in [2.75, 3.05) is 0 Å². The highest BCUT2D eigenvalue weighted by atomic mass is 79.9.